The van der Waals surface area contributed by atoms with Gasteiger partial charge in [-0.05, 0) is 31.0 Å². The number of benzene rings is 1. The summed E-state index contributed by atoms with van der Waals surface area (Å²) in [6, 6.07) is 4.10. The van der Waals surface area contributed by atoms with Gasteiger partial charge in [0, 0.05) is 24.7 Å². The molecule has 0 aromatic heterocycles. The Bertz CT molecular complexity index is 501. The number of nitrogens with one attached hydrogen (secondary N) is 2. The van der Waals surface area contributed by atoms with E-state index < -0.39 is 11.7 Å². The van der Waals surface area contributed by atoms with Crippen molar-refractivity contribution in [2.75, 3.05) is 12.3 Å². The topological polar surface area (TPSA) is 84.2 Å². The van der Waals surface area contributed by atoms with Gasteiger partial charge >= 0.3 is 0 Å². The van der Waals surface area contributed by atoms with E-state index in [9.17, 15) is 14.0 Å². The highest BCUT2D eigenvalue weighted by molar-refractivity contribution is 5.95. The summed E-state index contributed by atoms with van der Waals surface area (Å²) in [4.78, 5) is 23.1. The van der Waals surface area contributed by atoms with Crippen molar-refractivity contribution in [1.82, 2.24) is 10.6 Å². The Morgan fingerprint density at radius 1 is 1.37 bits per heavy atom. The first kappa shape index (κ1) is 13.3. The van der Waals surface area contributed by atoms with Crippen LogP contribution in [0.5, 0.6) is 0 Å². The molecule has 0 saturated heterocycles. The highest BCUT2D eigenvalue weighted by Gasteiger charge is 2.22. The van der Waals surface area contributed by atoms with Gasteiger partial charge in [-0.3, -0.25) is 9.59 Å². The normalized spacial score (nSPS) is 13.9. The molecule has 2 rings (SSSR count). The maximum Gasteiger partial charge on any atom is 0.254 e. The average molecular weight is 265 g/mol. The minimum absolute atomic E-state index is 0.101. The molecule has 0 spiro atoms. The molecule has 1 fully saturated rings. The standard InChI is InChI=1S/C13H16FN3O2/c14-11-4-1-8(15)7-10(11)13(19)16-6-5-12(18)17-9-2-3-9/h1,4,7,9H,2-3,5-6,15H2,(H,16,19)(H,17,18). The number of rotatable bonds is 5. The number of nitrogen functional groups attached to an aromatic ring is 1. The van der Waals surface area contributed by atoms with Crippen LogP contribution in [0.2, 0.25) is 0 Å². The van der Waals surface area contributed by atoms with Gasteiger partial charge in [-0.2, -0.15) is 0 Å². The molecule has 0 radical (unpaired) electrons. The molecule has 0 aliphatic heterocycles. The Morgan fingerprint density at radius 2 is 2.11 bits per heavy atom. The fourth-order valence-electron chi connectivity index (χ4n) is 1.63. The molecule has 1 saturated carbocycles. The Labute approximate surface area is 110 Å². The van der Waals surface area contributed by atoms with Crippen molar-refractivity contribution in [1.29, 1.82) is 0 Å². The van der Waals surface area contributed by atoms with Crippen LogP contribution in [0.25, 0.3) is 0 Å². The minimum atomic E-state index is -0.630. The van der Waals surface area contributed by atoms with Crippen molar-refractivity contribution in [3.63, 3.8) is 0 Å². The third-order valence-electron chi connectivity index (χ3n) is 2.82. The predicted molar refractivity (Wildman–Crippen MR) is 68.9 cm³/mol. The zero-order valence-electron chi connectivity index (χ0n) is 10.4. The maximum atomic E-state index is 13.4. The van der Waals surface area contributed by atoms with Gasteiger partial charge in [0.1, 0.15) is 5.82 Å². The van der Waals surface area contributed by atoms with Crippen LogP contribution in [0.15, 0.2) is 18.2 Å². The second kappa shape index (κ2) is 5.69. The zero-order valence-corrected chi connectivity index (χ0v) is 10.4. The predicted octanol–water partition coefficient (Wildman–Crippen LogP) is 0.806. The summed E-state index contributed by atoms with van der Waals surface area (Å²) >= 11 is 0. The van der Waals surface area contributed by atoms with Gasteiger partial charge in [-0.25, -0.2) is 4.39 Å². The second-order valence-corrected chi connectivity index (χ2v) is 4.59. The van der Waals surface area contributed by atoms with Crippen LogP contribution >= 0.6 is 0 Å². The number of carbonyl (C=O) groups is 2. The summed E-state index contributed by atoms with van der Waals surface area (Å²) in [5.74, 6) is -1.30. The first-order valence-corrected chi connectivity index (χ1v) is 6.19. The maximum absolute atomic E-state index is 13.4. The Balaban J connectivity index is 1.80. The number of anilines is 1. The molecule has 6 heteroatoms. The molecule has 1 aromatic carbocycles. The zero-order chi connectivity index (χ0) is 13.8. The Kier molecular flexibility index (Phi) is 3.99. The lowest BCUT2D eigenvalue weighted by atomic mass is 10.1. The van der Waals surface area contributed by atoms with Crippen LogP contribution in [-0.2, 0) is 4.79 Å². The van der Waals surface area contributed by atoms with Gasteiger partial charge in [0.05, 0.1) is 5.56 Å². The van der Waals surface area contributed by atoms with Crippen molar-refractivity contribution < 1.29 is 14.0 Å². The van der Waals surface area contributed by atoms with Crippen molar-refractivity contribution in [3.05, 3.63) is 29.6 Å². The first-order chi connectivity index (χ1) is 9.06. The lowest BCUT2D eigenvalue weighted by molar-refractivity contribution is -0.121. The number of carbonyl (C=O) groups excluding carboxylic acids is 2. The number of amides is 2. The van der Waals surface area contributed by atoms with Crippen LogP contribution in [0.4, 0.5) is 10.1 Å². The quantitative estimate of drug-likeness (QED) is 0.689. The first-order valence-electron chi connectivity index (χ1n) is 6.19. The molecular weight excluding hydrogens is 249 g/mol. The molecule has 0 atom stereocenters. The van der Waals surface area contributed by atoms with Crippen LogP contribution < -0.4 is 16.4 Å². The van der Waals surface area contributed by atoms with Gasteiger partial charge in [0.15, 0.2) is 0 Å². The average Bonchev–Trinajstić information content (AvgIpc) is 3.16. The van der Waals surface area contributed by atoms with Crippen LogP contribution in [0, 0.1) is 5.82 Å². The van der Waals surface area contributed by atoms with E-state index in [1.165, 1.54) is 12.1 Å². The molecule has 5 nitrogen and oxygen atoms in total. The van der Waals surface area contributed by atoms with E-state index in [1.54, 1.807) is 0 Å². The molecule has 1 aromatic rings. The largest absolute Gasteiger partial charge is 0.399 e. The van der Waals surface area contributed by atoms with Crippen molar-refractivity contribution in [3.8, 4) is 0 Å². The van der Waals surface area contributed by atoms with Gasteiger partial charge in [0.2, 0.25) is 5.91 Å². The third-order valence-corrected chi connectivity index (χ3v) is 2.82. The van der Waals surface area contributed by atoms with Crippen LogP contribution in [-0.4, -0.2) is 24.4 Å². The number of halogens is 1. The molecule has 4 N–H and O–H groups in total. The van der Waals surface area contributed by atoms with Gasteiger partial charge in [-0.15, -0.1) is 0 Å². The van der Waals surface area contributed by atoms with Gasteiger partial charge in [-0.1, -0.05) is 0 Å². The van der Waals surface area contributed by atoms with E-state index in [0.717, 1.165) is 18.9 Å². The molecular formula is C13H16FN3O2. The molecule has 1 aliphatic rings. The van der Waals surface area contributed by atoms with E-state index in [1.807, 2.05) is 0 Å². The monoisotopic (exact) mass is 265 g/mol. The fourth-order valence-corrected chi connectivity index (χ4v) is 1.63. The summed E-state index contributed by atoms with van der Waals surface area (Å²) in [6.07, 6.45) is 2.23. The Morgan fingerprint density at radius 3 is 2.79 bits per heavy atom. The van der Waals surface area contributed by atoms with Crippen molar-refractivity contribution >= 4 is 17.5 Å². The number of hydrogen-bond donors (Lipinski definition) is 3. The molecule has 102 valence electrons. The van der Waals surface area contributed by atoms with Gasteiger partial charge < -0.3 is 16.4 Å². The highest BCUT2D eigenvalue weighted by Crippen LogP contribution is 2.18. The van der Waals surface area contributed by atoms with Crippen molar-refractivity contribution in [2.45, 2.75) is 25.3 Å². The van der Waals surface area contributed by atoms with Gasteiger partial charge in [0.25, 0.3) is 5.91 Å². The summed E-state index contributed by atoms with van der Waals surface area (Å²) in [6.45, 7) is 0.172. The van der Waals surface area contributed by atoms with Crippen molar-refractivity contribution in [2.24, 2.45) is 0 Å². The summed E-state index contributed by atoms with van der Waals surface area (Å²) < 4.78 is 13.4. The van der Waals surface area contributed by atoms with E-state index in [0.29, 0.717) is 11.7 Å². The number of hydrogen-bond acceptors (Lipinski definition) is 3. The van der Waals surface area contributed by atoms with E-state index in [-0.39, 0.29) is 24.4 Å². The smallest absolute Gasteiger partial charge is 0.254 e. The van der Waals surface area contributed by atoms with E-state index >= 15 is 0 Å². The lowest BCUT2D eigenvalue weighted by Crippen LogP contribution is -2.32. The van der Waals surface area contributed by atoms with Crippen LogP contribution in [0.1, 0.15) is 29.6 Å². The highest BCUT2D eigenvalue weighted by atomic mass is 19.1. The molecule has 0 unspecified atom stereocenters. The molecule has 0 bridgehead atoms. The molecule has 19 heavy (non-hydrogen) atoms. The fraction of sp³-hybridized carbons (Fsp3) is 0.385. The number of nitrogens with two attached hydrogens (primary N) is 1. The third kappa shape index (κ3) is 3.94. The molecule has 2 amide bonds. The van der Waals surface area contributed by atoms with E-state index in [4.69, 9.17) is 5.73 Å². The van der Waals surface area contributed by atoms with E-state index in [2.05, 4.69) is 10.6 Å². The Hall–Kier alpha value is -2.11. The SMILES string of the molecule is Nc1ccc(F)c(C(=O)NCCC(=O)NC2CC2)c1. The summed E-state index contributed by atoms with van der Waals surface area (Å²) in [7, 11) is 0. The minimum Gasteiger partial charge on any atom is -0.399 e. The molecule has 1 aliphatic carbocycles. The summed E-state index contributed by atoms with van der Waals surface area (Å²) in [5.41, 5.74) is 5.70. The molecule has 0 heterocycles. The summed E-state index contributed by atoms with van der Waals surface area (Å²) in [5, 5.41) is 5.30. The lowest BCUT2D eigenvalue weighted by Gasteiger charge is -2.07. The second-order valence-electron chi connectivity index (χ2n) is 4.59. The van der Waals surface area contributed by atoms with Crippen LogP contribution in [0.3, 0.4) is 0 Å².